The fraction of sp³-hybridized carbons (Fsp3) is 0.280. The molecule has 2 aromatic carbocycles. The van der Waals surface area contributed by atoms with Gasteiger partial charge in [0, 0.05) is 48.2 Å². The van der Waals surface area contributed by atoms with Crippen molar-refractivity contribution in [2.75, 3.05) is 37.5 Å². The fourth-order valence-corrected chi connectivity index (χ4v) is 4.17. The van der Waals surface area contributed by atoms with Crippen LogP contribution in [-0.2, 0) is 4.74 Å². The maximum atomic E-state index is 12.0. The molecule has 0 aliphatic carbocycles. The number of hydrogen-bond acceptors (Lipinski definition) is 6. The zero-order chi connectivity index (χ0) is 22.7. The van der Waals surface area contributed by atoms with Crippen LogP contribution in [0.15, 0.2) is 54.9 Å². The summed E-state index contributed by atoms with van der Waals surface area (Å²) in [6, 6.07) is 13.8. The highest BCUT2D eigenvalue weighted by molar-refractivity contribution is 6.30. The number of rotatable bonds is 6. The van der Waals surface area contributed by atoms with E-state index in [1.54, 1.807) is 18.5 Å². The first kappa shape index (κ1) is 22.0. The second-order valence-electron chi connectivity index (χ2n) is 7.84. The largest absolute Gasteiger partial charge is 0.493 e. The Bertz CT molecular complexity index is 1120. The molecule has 0 amide bonds. The van der Waals surface area contributed by atoms with Gasteiger partial charge in [-0.25, -0.2) is 4.79 Å². The lowest BCUT2D eigenvalue weighted by Crippen LogP contribution is -2.22. The first-order chi connectivity index (χ1) is 15.5. The number of pyridine rings is 1. The van der Waals surface area contributed by atoms with Crippen molar-refractivity contribution >= 4 is 34.6 Å². The lowest BCUT2D eigenvalue weighted by atomic mass is 9.91. The van der Waals surface area contributed by atoms with E-state index in [9.17, 15) is 4.79 Å². The summed E-state index contributed by atoms with van der Waals surface area (Å²) in [6.07, 6.45) is 4.13. The Kier molecular flexibility index (Phi) is 6.51. The van der Waals surface area contributed by atoms with Gasteiger partial charge in [-0.2, -0.15) is 0 Å². The third-order valence-corrected chi connectivity index (χ3v) is 6.08. The van der Waals surface area contributed by atoms with Crippen molar-refractivity contribution in [1.29, 1.82) is 0 Å². The van der Waals surface area contributed by atoms with Crippen molar-refractivity contribution < 1.29 is 14.3 Å². The molecule has 0 saturated heterocycles. The minimum atomic E-state index is -0.381. The van der Waals surface area contributed by atoms with E-state index in [0.29, 0.717) is 29.4 Å². The number of methoxy groups -OCH3 is 1. The average molecular weight is 452 g/mol. The van der Waals surface area contributed by atoms with Crippen LogP contribution in [0.3, 0.4) is 0 Å². The van der Waals surface area contributed by atoms with Crippen molar-refractivity contribution in [2.24, 2.45) is 0 Å². The van der Waals surface area contributed by atoms with Crippen molar-refractivity contribution in [3.8, 4) is 5.75 Å². The normalized spacial score (nSPS) is 14.8. The Morgan fingerprint density at radius 1 is 1.28 bits per heavy atom. The van der Waals surface area contributed by atoms with Gasteiger partial charge >= 0.3 is 5.97 Å². The van der Waals surface area contributed by atoms with Crippen LogP contribution in [0.25, 0.3) is 0 Å². The molecule has 166 valence electrons. The summed E-state index contributed by atoms with van der Waals surface area (Å²) < 4.78 is 10.9. The first-order valence-electron chi connectivity index (χ1n) is 10.5. The van der Waals surface area contributed by atoms with Crippen LogP contribution in [0.1, 0.15) is 33.8 Å². The second kappa shape index (κ2) is 9.49. The molecule has 7 heteroatoms. The van der Waals surface area contributed by atoms with Crippen LogP contribution in [0.4, 0.5) is 17.1 Å². The smallest absolute Gasteiger partial charge is 0.340 e. The molecule has 6 nitrogen and oxygen atoms in total. The van der Waals surface area contributed by atoms with E-state index in [1.165, 1.54) is 7.11 Å². The topological polar surface area (TPSA) is 63.7 Å². The van der Waals surface area contributed by atoms with Crippen LogP contribution in [-0.4, -0.2) is 38.3 Å². The van der Waals surface area contributed by atoms with Gasteiger partial charge in [-0.15, -0.1) is 0 Å². The average Bonchev–Trinajstić information content (AvgIpc) is 2.82. The number of aromatic nitrogens is 1. The molecule has 32 heavy (non-hydrogen) atoms. The molecule has 1 aliphatic heterocycles. The predicted molar refractivity (Wildman–Crippen MR) is 128 cm³/mol. The van der Waals surface area contributed by atoms with Crippen LogP contribution >= 0.6 is 11.6 Å². The lowest BCUT2D eigenvalue weighted by molar-refractivity contribution is 0.0601. The van der Waals surface area contributed by atoms with Crippen LogP contribution in [0, 0.1) is 6.92 Å². The molecule has 1 N–H and O–H groups in total. The Morgan fingerprint density at radius 3 is 2.81 bits per heavy atom. The van der Waals surface area contributed by atoms with E-state index in [4.69, 9.17) is 21.1 Å². The van der Waals surface area contributed by atoms with Crippen LogP contribution < -0.4 is 15.0 Å². The minimum Gasteiger partial charge on any atom is -0.493 e. The molecule has 0 unspecified atom stereocenters. The summed E-state index contributed by atoms with van der Waals surface area (Å²) >= 11 is 6.04. The van der Waals surface area contributed by atoms with E-state index in [0.717, 1.165) is 34.7 Å². The van der Waals surface area contributed by atoms with E-state index in [-0.39, 0.29) is 11.9 Å². The number of ether oxygens (including phenoxy) is 2. The Labute approximate surface area is 193 Å². The standard InChI is InChI=1S/C25H26ClN3O3/c1-16-12-21-17(14-28-22-15-27-10-8-20(22)25(30)31-3)9-11-32-24(21)13-23(16)29(2)19-6-4-18(26)5-7-19/h4-8,10,12-13,15,17,28H,9,11,14H2,1-3H3/t17-/m0/s1. The zero-order valence-corrected chi connectivity index (χ0v) is 19.1. The van der Waals surface area contributed by atoms with Crippen molar-refractivity contribution in [1.82, 2.24) is 4.98 Å². The summed E-state index contributed by atoms with van der Waals surface area (Å²) in [5.41, 5.74) is 5.61. The molecule has 0 saturated carbocycles. The number of nitrogens with one attached hydrogen (secondary N) is 1. The third kappa shape index (κ3) is 4.50. The van der Waals surface area contributed by atoms with Gasteiger partial charge in [-0.3, -0.25) is 4.98 Å². The van der Waals surface area contributed by atoms with Gasteiger partial charge in [0.15, 0.2) is 0 Å². The fourth-order valence-electron chi connectivity index (χ4n) is 4.04. The Hall–Kier alpha value is -3.25. The highest BCUT2D eigenvalue weighted by Crippen LogP contribution is 2.40. The molecule has 0 radical (unpaired) electrons. The summed E-state index contributed by atoms with van der Waals surface area (Å²) in [4.78, 5) is 18.3. The molecule has 2 heterocycles. The maximum absolute atomic E-state index is 12.0. The molecule has 0 spiro atoms. The van der Waals surface area contributed by atoms with Crippen LogP contribution in [0.5, 0.6) is 5.75 Å². The molecule has 1 atom stereocenters. The van der Waals surface area contributed by atoms with E-state index < -0.39 is 0 Å². The molecular formula is C25H26ClN3O3. The number of halogens is 1. The number of nitrogens with zero attached hydrogens (tertiary/aromatic N) is 2. The molecule has 0 fully saturated rings. The van der Waals surface area contributed by atoms with Crippen molar-refractivity contribution in [2.45, 2.75) is 19.3 Å². The van der Waals surface area contributed by atoms with Gasteiger partial charge in [-0.1, -0.05) is 11.6 Å². The first-order valence-corrected chi connectivity index (χ1v) is 10.9. The summed E-state index contributed by atoms with van der Waals surface area (Å²) in [5, 5.41) is 4.10. The number of aryl methyl sites for hydroxylation is 1. The van der Waals surface area contributed by atoms with Gasteiger partial charge in [0.25, 0.3) is 0 Å². The number of esters is 1. The maximum Gasteiger partial charge on any atom is 0.340 e. The molecule has 4 rings (SSSR count). The molecule has 3 aromatic rings. The van der Waals surface area contributed by atoms with E-state index in [1.807, 2.05) is 31.3 Å². The Morgan fingerprint density at radius 2 is 2.06 bits per heavy atom. The van der Waals surface area contributed by atoms with Gasteiger partial charge in [-0.05, 0) is 60.9 Å². The van der Waals surface area contributed by atoms with Crippen molar-refractivity contribution in [3.05, 3.63) is 76.6 Å². The number of hydrogen-bond donors (Lipinski definition) is 1. The van der Waals surface area contributed by atoms with Gasteiger partial charge < -0.3 is 19.7 Å². The summed E-state index contributed by atoms with van der Waals surface area (Å²) in [5.74, 6) is 0.759. The van der Waals surface area contributed by atoms with Crippen molar-refractivity contribution in [3.63, 3.8) is 0 Å². The molecule has 1 aliphatic rings. The quantitative estimate of drug-likeness (QED) is 0.494. The van der Waals surface area contributed by atoms with E-state index >= 15 is 0 Å². The second-order valence-corrected chi connectivity index (χ2v) is 8.28. The highest BCUT2D eigenvalue weighted by atomic mass is 35.5. The Balaban J connectivity index is 1.56. The highest BCUT2D eigenvalue weighted by Gasteiger charge is 2.24. The number of carbonyl (C=O) groups excluding carboxylic acids is 1. The predicted octanol–water partition coefficient (Wildman–Crippen LogP) is 5.58. The number of benzene rings is 2. The SMILES string of the molecule is COC(=O)c1ccncc1NC[C@@H]1CCOc2cc(N(C)c3ccc(Cl)cc3)c(C)cc21. The monoisotopic (exact) mass is 451 g/mol. The molecule has 1 aromatic heterocycles. The number of fused-ring (bicyclic) bond motifs is 1. The summed E-state index contributed by atoms with van der Waals surface area (Å²) in [6.45, 7) is 3.42. The number of carbonyl (C=O) groups is 1. The van der Waals surface area contributed by atoms with Gasteiger partial charge in [0.1, 0.15) is 5.75 Å². The van der Waals surface area contributed by atoms with E-state index in [2.05, 4.69) is 34.3 Å². The number of anilines is 3. The molecule has 0 bridgehead atoms. The minimum absolute atomic E-state index is 0.248. The van der Waals surface area contributed by atoms with Gasteiger partial charge in [0.05, 0.1) is 31.2 Å². The molecular weight excluding hydrogens is 426 g/mol. The lowest BCUT2D eigenvalue weighted by Gasteiger charge is -2.30. The zero-order valence-electron chi connectivity index (χ0n) is 18.4. The van der Waals surface area contributed by atoms with Crippen LogP contribution in [0.2, 0.25) is 5.02 Å². The third-order valence-electron chi connectivity index (χ3n) is 5.83. The van der Waals surface area contributed by atoms with Gasteiger partial charge in [0.2, 0.25) is 0 Å². The summed E-state index contributed by atoms with van der Waals surface area (Å²) in [7, 11) is 3.42.